The molecule has 0 saturated carbocycles. The molecule has 168 valence electrons. The molecule has 0 atom stereocenters. The van der Waals surface area contributed by atoms with E-state index in [0.717, 1.165) is 24.3 Å². The van der Waals surface area contributed by atoms with E-state index in [2.05, 4.69) is 11.0 Å². The third-order valence-electron chi connectivity index (χ3n) is 6.12. The number of benzene rings is 3. The first kappa shape index (κ1) is 21.7. The van der Waals surface area contributed by atoms with Gasteiger partial charge in [0.05, 0.1) is 17.4 Å². The van der Waals surface area contributed by atoms with Crippen molar-refractivity contribution in [3.05, 3.63) is 100 Å². The molecule has 1 aliphatic rings. The molecule has 0 bridgehead atoms. The first-order valence-corrected chi connectivity index (χ1v) is 12.4. The van der Waals surface area contributed by atoms with Crippen LogP contribution in [0.1, 0.15) is 30.4 Å². The molecular weight excluding hydrogens is 433 g/mol. The molecule has 1 aromatic heterocycles. The lowest BCUT2D eigenvalue weighted by molar-refractivity contribution is 0.578. The Bertz CT molecular complexity index is 1320. The fourth-order valence-electron chi connectivity index (χ4n) is 4.31. The van der Waals surface area contributed by atoms with Gasteiger partial charge in [0.15, 0.2) is 5.16 Å². The number of thioether (sulfide) groups is 1. The fourth-order valence-corrected chi connectivity index (χ4v) is 5.30. The number of fused-ring (bicyclic) bond motifs is 1. The summed E-state index contributed by atoms with van der Waals surface area (Å²) in [5, 5.41) is 1.23. The van der Waals surface area contributed by atoms with E-state index in [0.29, 0.717) is 33.9 Å². The number of halogens is 1. The summed E-state index contributed by atoms with van der Waals surface area (Å²) in [5.41, 5.74) is 3.34. The van der Waals surface area contributed by atoms with Gasteiger partial charge in [-0.15, -0.1) is 0 Å². The van der Waals surface area contributed by atoms with Crippen LogP contribution < -0.4 is 10.5 Å². The SMILES string of the molecule is O=c1c2cc(N3CCCCC3)ccc2nc(SCc2ccccc2F)n1Cc1ccccc1. The van der Waals surface area contributed by atoms with Crippen molar-refractivity contribution in [1.29, 1.82) is 0 Å². The lowest BCUT2D eigenvalue weighted by Crippen LogP contribution is -2.30. The van der Waals surface area contributed by atoms with Crippen molar-refractivity contribution in [2.75, 3.05) is 18.0 Å². The van der Waals surface area contributed by atoms with Gasteiger partial charge in [0, 0.05) is 24.5 Å². The molecule has 6 heteroatoms. The zero-order valence-corrected chi connectivity index (χ0v) is 19.2. The monoisotopic (exact) mass is 459 g/mol. The highest BCUT2D eigenvalue weighted by molar-refractivity contribution is 7.98. The molecule has 0 radical (unpaired) electrons. The minimum atomic E-state index is -0.242. The first-order chi connectivity index (χ1) is 16.2. The molecule has 1 aliphatic heterocycles. The fraction of sp³-hybridized carbons (Fsp3) is 0.259. The molecule has 1 saturated heterocycles. The van der Waals surface area contributed by atoms with Crippen molar-refractivity contribution in [3.63, 3.8) is 0 Å². The third-order valence-corrected chi connectivity index (χ3v) is 7.15. The molecule has 4 nitrogen and oxygen atoms in total. The van der Waals surface area contributed by atoms with Gasteiger partial charge in [0.2, 0.25) is 0 Å². The highest BCUT2D eigenvalue weighted by atomic mass is 32.2. The minimum absolute atomic E-state index is 0.0567. The van der Waals surface area contributed by atoms with E-state index >= 15 is 0 Å². The number of nitrogens with zero attached hydrogens (tertiary/aromatic N) is 3. The normalized spacial score (nSPS) is 14.0. The Kier molecular flexibility index (Phi) is 6.44. The number of hydrogen-bond donors (Lipinski definition) is 0. The summed E-state index contributed by atoms with van der Waals surface area (Å²) in [5.74, 6) is 0.166. The summed E-state index contributed by atoms with van der Waals surface area (Å²) in [6, 6.07) is 22.6. The molecule has 3 aromatic carbocycles. The van der Waals surface area contributed by atoms with E-state index in [4.69, 9.17) is 4.98 Å². The summed E-state index contributed by atoms with van der Waals surface area (Å²) < 4.78 is 15.9. The standard InChI is InChI=1S/C27H26FN3OS/c28-24-12-6-5-11-21(24)19-33-27-29-25-14-13-22(30-15-7-2-8-16-30)17-23(25)26(32)31(27)18-20-9-3-1-4-10-20/h1,3-6,9-14,17H,2,7-8,15-16,18-19H2. The second-order valence-electron chi connectivity index (χ2n) is 8.40. The van der Waals surface area contributed by atoms with Gasteiger partial charge in [-0.3, -0.25) is 9.36 Å². The van der Waals surface area contributed by atoms with Crippen LogP contribution in [0.3, 0.4) is 0 Å². The molecule has 0 unspecified atom stereocenters. The van der Waals surface area contributed by atoms with Crippen LogP contribution in [0.15, 0.2) is 82.7 Å². The van der Waals surface area contributed by atoms with E-state index in [-0.39, 0.29) is 11.4 Å². The van der Waals surface area contributed by atoms with Crippen molar-refractivity contribution in [1.82, 2.24) is 9.55 Å². The lowest BCUT2D eigenvalue weighted by Gasteiger charge is -2.29. The highest BCUT2D eigenvalue weighted by Crippen LogP contribution is 2.27. The predicted molar refractivity (Wildman–Crippen MR) is 134 cm³/mol. The number of anilines is 1. The van der Waals surface area contributed by atoms with E-state index in [1.807, 2.05) is 48.5 Å². The second kappa shape index (κ2) is 9.79. The van der Waals surface area contributed by atoms with Crippen molar-refractivity contribution < 1.29 is 4.39 Å². The molecule has 0 N–H and O–H groups in total. The lowest BCUT2D eigenvalue weighted by atomic mass is 10.1. The largest absolute Gasteiger partial charge is 0.372 e. The van der Waals surface area contributed by atoms with E-state index < -0.39 is 0 Å². The smallest absolute Gasteiger partial charge is 0.262 e. The van der Waals surface area contributed by atoms with Crippen LogP contribution in [0, 0.1) is 5.82 Å². The van der Waals surface area contributed by atoms with Gasteiger partial charge in [-0.1, -0.05) is 60.3 Å². The summed E-state index contributed by atoms with van der Waals surface area (Å²) >= 11 is 1.40. The van der Waals surface area contributed by atoms with Crippen LogP contribution in [0.25, 0.3) is 10.9 Å². The van der Waals surface area contributed by atoms with Gasteiger partial charge < -0.3 is 4.90 Å². The third kappa shape index (κ3) is 4.81. The van der Waals surface area contributed by atoms with E-state index in [9.17, 15) is 9.18 Å². The Morgan fingerprint density at radius 2 is 1.67 bits per heavy atom. The molecule has 2 heterocycles. The van der Waals surface area contributed by atoms with Gasteiger partial charge in [-0.2, -0.15) is 0 Å². The minimum Gasteiger partial charge on any atom is -0.372 e. The molecule has 4 aromatic rings. The maximum atomic E-state index is 14.2. The Balaban J connectivity index is 1.55. The number of rotatable bonds is 6. The zero-order chi connectivity index (χ0) is 22.6. The van der Waals surface area contributed by atoms with Crippen LogP contribution in [0.5, 0.6) is 0 Å². The summed E-state index contributed by atoms with van der Waals surface area (Å²) in [4.78, 5) is 20.9. The van der Waals surface area contributed by atoms with Crippen LogP contribution in [-0.4, -0.2) is 22.6 Å². The molecule has 0 spiro atoms. The Morgan fingerprint density at radius 1 is 0.909 bits per heavy atom. The predicted octanol–water partition coefficient (Wildman–Crippen LogP) is 5.87. The van der Waals surface area contributed by atoms with Gasteiger partial charge >= 0.3 is 0 Å². The molecule has 1 fully saturated rings. The summed E-state index contributed by atoms with van der Waals surface area (Å²) in [6.07, 6.45) is 3.62. The van der Waals surface area contributed by atoms with Crippen LogP contribution in [0.4, 0.5) is 10.1 Å². The Hall–Kier alpha value is -3.12. The molecule has 0 aliphatic carbocycles. The van der Waals surface area contributed by atoms with Crippen LogP contribution >= 0.6 is 11.8 Å². The van der Waals surface area contributed by atoms with Crippen molar-refractivity contribution in [2.24, 2.45) is 0 Å². The quantitative estimate of drug-likeness (QED) is 0.267. The first-order valence-electron chi connectivity index (χ1n) is 11.4. The summed E-state index contributed by atoms with van der Waals surface area (Å²) in [7, 11) is 0. The maximum Gasteiger partial charge on any atom is 0.262 e. The van der Waals surface area contributed by atoms with Crippen molar-refractivity contribution >= 4 is 28.4 Å². The van der Waals surface area contributed by atoms with Gasteiger partial charge in [-0.05, 0) is 54.7 Å². The Morgan fingerprint density at radius 3 is 2.45 bits per heavy atom. The Labute approximate surface area is 197 Å². The van der Waals surface area contributed by atoms with Gasteiger partial charge in [0.25, 0.3) is 5.56 Å². The van der Waals surface area contributed by atoms with Crippen LogP contribution in [-0.2, 0) is 12.3 Å². The van der Waals surface area contributed by atoms with Gasteiger partial charge in [0.1, 0.15) is 5.82 Å². The molecular formula is C27H26FN3OS. The highest BCUT2D eigenvalue weighted by Gasteiger charge is 2.16. The van der Waals surface area contributed by atoms with Crippen LogP contribution in [0.2, 0.25) is 0 Å². The molecule has 0 amide bonds. The van der Waals surface area contributed by atoms with E-state index in [1.165, 1.54) is 37.1 Å². The molecule has 33 heavy (non-hydrogen) atoms. The maximum absolute atomic E-state index is 14.2. The average molecular weight is 460 g/mol. The average Bonchev–Trinajstić information content (AvgIpc) is 2.86. The van der Waals surface area contributed by atoms with Crippen molar-refractivity contribution in [3.8, 4) is 0 Å². The van der Waals surface area contributed by atoms with E-state index in [1.54, 1.807) is 16.7 Å². The zero-order valence-electron chi connectivity index (χ0n) is 18.4. The van der Waals surface area contributed by atoms with Crippen molar-refractivity contribution in [2.45, 2.75) is 36.7 Å². The number of aromatic nitrogens is 2. The second-order valence-corrected chi connectivity index (χ2v) is 9.34. The number of piperidine rings is 1. The number of hydrogen-bond acceptors (Lipinski definition) is 4. The summed E-state index contributed by atoms with van der Waals surface area (Å²) in [6.45, 7) is 2.47. The topological polar surface area (TPSA) is 38.1 Å². The molecule has 5 rings (SSSR count). The van der Waals surface area contributed by atoms with Gasteiger partial charge in [-0.25, -0.2) is 9.37 Å².